The summed E-state index contributed by atoms with van der Waals surface area (Å²) in [4.78, 5) is 24.6. The van der Waals surface area contributed by atoms with E-state index in [1.54, 1.807) is 22.2 Å². The number of carboxylic acid groups (broad SMARTS) is 1. The van der Waals surface area contributed by atoms with Crippen LogP contribution >= 0.6 is 22.7 Å². The summed E-state index contributed by atoms with van der Waals surface area (Å²) in [7, 11) is 0. The van der Waals surface area contributed by atoms with Gasteiger partial charge in [0, 0.05) is 10.8 Å². The molecule has 0 bridgehead atoms. The molecular weight excluding hydrogens is 342 g/mol. The molecular formula is C18H15NO3S2. The van der Waals surface area contributed by atoms with Crippen LogP contribution in [0.4, 0.5) is 5.69 Å². The SMILES string of the molecule is Cc1ccc(-c2scc(NC(=O)c3ccsc3)c2C(=O)O)cc1C. The van der Waals surface area contributed by atoms with Gasteiger partial charge in [-0.15, -0.1) is 11.3 Å². The predicted octanol–water partition coefficient (Wildman–Crippen LogP) is 5.04. The molecule has 0 atom stereocenters. The zero-order valence-electron chi connectivity index (χ0n) is 13.1. The number of hydrogen-bond donors (Lipinski definition) is 2. The molecule has 0 radical (unpaired) electrons. The smallest absolute Gasteiger partial charge is 0.339 e. The summed E-state index contributed by atoms with van der Waals surface area (Å²) in [6.07, 6.45) is 0. The van der Waals surface area contributed by atoms with E-state index in [1.807, 2.05) is 32.0 Å². The van der Waals surface area contributed by atoms with Crippen molar-refractivity contribution in [3.63, 3.8) is 0 Å². The Balaban J connectivity index is 2.00. The molecule has 0 aliphatic heterocycles. The molecule has 2 aromatic heterocycles. The van der Waals surface area contributed by atoms with Crippen molar-refractivity contribution in [1.82, 2.24) is 0 Å². The van der Waals surface area contributed by atoms with Gasteiger partial charge in [-0.1, -0.05) is 18.2 Å². The molecule has 1 aromatic carbocycles. The second-order valence-corrected chi connectivity index (χ2v) is 7.08. The summed E-state index contributed by atoms with van der Waals surface area (Å²) in [5, 5.41) is 17.5. The van der Waals surface area contributed by atoms with Crippen molar-refractivity contribution in [3.05, 3.63) is 62.7 Å². The molecule has 2 N–H and O–H groups in total. The van der Waals surface area contributed by atoms with E-state index in [1.165, 1.54) is 22.7 Å². The number of carbonyl (C=O) groups is 2. The maximum atomic E-state index is 12.2. The predicted molar refractivity (Wildman–Crippen MR) is 98.5 cm³/mol. The number of thiophene rings is 2. The zero-order valence-corrected chi connectivity index (χ0v) is 14.8. The molecule has 0 saturated heterocycles. The van der Waals surface area contributed by atoms with Gasteiger partial charge in [-0.2, -0.15) is 11.3 Å². The van der Waals surface area contributed by atoms with Gasteiger partial charge in [-0.3, -0.25) is 4.79 Å². The fourth-order valence-corrected chi connectivity index (χ4v) is 3.97. The van der Waals surface area contributed by atoms with Crippen LogP contribution in [0.1, 0.15) is 31.8 Å². The molecule has 1 amide bonds. The van der Waals surface area contributed by atoms with Crippen molar-refractivity contribution in [2.45, 2.75) is 13.8 Å². The number of anilines is 1. The first-order valence-corrected chi connectivity index (χ1v) is 9.05. The van der Waals surface area contributed by atoms with E-state index in [2.05, 4.69) is 5.32 Å². The second-order valence-electron chi connectivity index (χ2n) is 5.42. The lowest BCUT2D eigenvalue weighted by atomic mass is 10.0. The third kappa shape index (κ3) is 3.11. The van der Waals surface area contributed by atoms with E-state index in [-0.39, 0.29) is 11.5 Å². The highest BCUT2D eigenvalue weighted by atomic mass is 32.1. The van der Waals surface area contributed by atoms with E-state index < -0.39 is 5.97 Å². The van der Waals surface area contributed by atoms with E-state index in [0.29, 0.717) is 16.1 Å². The molecule has 122 valence electrons. The Morgan fingerprint density at radius 1 is 1.08 bits per heavy atom. The van der Waals surface area contributed by atoms with Crippen LogP contribution in [-0.2, 0) is 0 Å². The molecule has 0 unspecified atom stereocenters. The number of aryl methyl sites for hydroxylation is 2. The van der Waals surface area contributed by atoms with Gasteiger partial charge in [0.25, 0.3) is 5.91 Å². The molecule has 0 fully saturated rings. The fraction of sp³-hybridized carbons (Fsp3) is 0.111. The summed E-state index contributed by atoms with van der Waals surface area (Å²) in [6, 6.07) is 7.56. The molecule has 2 heterocycles. The number of carbonyl (C=O) groups excluding carboxylic acids is 1. The van der Waals surface area contributed by atoms with Crippen molar-refractivity contribution in [3.8, 4) is 10.4 Å². The lowest BCUT2D eigenvalue weighted by Gasteiger charge is -2.07. The summed E-state index contributed by atoms with van der Waals surface area (Å²) >= 11 is 2.74. The lowest BCUT2D eigenvalue weighted by Crippen LogP contribution is -2.13. The van der Waals surface area contributed by atoms with Gasteiger partial charge in [-0.05, 0) is 42.0 Å². The summed E-state index contributed by atoms with van der Waals surface area (Å²) in [5.74, 6) is -1.35. The van der Waals surface area contributed by atoms with Crippen LogP contribution in [-0.4, -0.2) is 17.0 Å². The first-order valence-electron chi connectivity index (χ1n) is 7.23. The normalized spacial score (nSPS) is 10.6. The molecule has 6 heteroatoms. The third-order valence-electron chi connectivity index (χ3n) is 3.81. The lowest BCUT2D eigenvalue weighted by molar-refractivity contribution is 0.0699. The first-order chi connectivity index (χ1) is 11.5. The maximum Gasteiger partial charge on any atom is 0.339 e. The van der Waals surface area contributed by atoms with Crippen LogP contribution < -0.4 is 5.32 Å². The molecule has 3 aromatic rings. The second kappa shape index (κ2) is 6.59. The largest absolute Gasteiger partial charge is 0.478 e. The van der Waals surface area contributed by atoms with Crippen molar-refractivity contribution >= 4 is 40.2 Å². The Labute approximate surface area is 147 Å². The molecule has 4 nitrogen and oxygen atoms in total. The molecule has 24 heavy (non-hydrogen) atoms. The number of aromatic carboxylic acids is 1. The maximum absolute atomic E-state index is 12.2. The van der Waals surface area contributed by atoms with Crippen LogP contribution in [0.2, 0.25) is 0 Å². The monoisotopic (exact) mass is 357 g/mol. The van der Waals surface area contributed by atoms with Crippen molar-refractivity contribution in [2.75, 3.05) is 5.32 Å². The summed E-state index contributed by atoms with van der Waals surface area (Å²) < 4.78 is 0. The topological polar surface area (TPSA) is 66.4 Å². The molecule has 0 aliphatic carbocycles. The van der Waals surface area contributed by atoms with Crippen LogP contribution in [0.25, 0.3) is 10.4 Å². The summed E-state index contributed by atoms with van der Waals surface area (Å²) in [6.45, 7) is 4.00. The van der Waals surface area contributed by atoms with Crippen LogP contribution in [0, 0.1) is 13.8 Å². The standard InChI is InChI=1S/C18H15NO3S2/c1-10-3-4-12(7-11(10)2)16-15(18(21)22)14(9-24-16)19-17(20)13-5-6-23-8-13/h3-9H,1-2H3,(H,19,20)(H,21,22). The highest BCUT2D eigenvalue weighted by Crippen LogP contribution is 2.37. The van der Waals surface area contributed by atoms with Gasteiger partial charge >= 0.3 is 5.97 Å². The van der Waals surface area contributed by atoms with Gasteiger partial charge in [0.15, 0.2) is 0 Å². The molecule has 0 spiro atoms. The van der Waals surface area contributed by atoms with Crippen LogP contribution in [0.5, 0.6) is 0 Å². The Hall–Kier alpha value is -2.44. The van der Waals surface area contributed by atoms with E-state index in [4.69, 9.17) is 0 Å². The fourth-order valence-electron chi connectivity index (χ4n) is 2.35. The van der Waals surface area contributed by atoms with E-state index in [9.17, 15) is 14.7 Å². The minimum atomic E-state index is -1.05. The molecule has 0 aliphatic rings. The van der Waals surface area contributed by atoms with Gasteiger partial charge in [0.05, 0.1) is 16.1 Å². The van der Waals surface area contributed by atoms with E-state index >= 15 is 0 Å². The highest BCUT2D eigenvalue weighted by Gasteiger charge is 2.21. The van der Waals surface area contributed by atoms with Crippen LogP contribution in [0.3, 0.4) is 0 Å². The third-order valence-corrected chi connectivity index (χ3v) is 5.52. The number of nitrogens with one attached hydrogen (secondary N) is 1. The molecule has 0 saturated carbocycles. The van der Waals surface area contributed by atoms with Gasteiger partial charge < -0.3 is 10.4 Å². The Kier molecular flexibility index (Phi) is 4.51. The highest BCUT2D eigenvalue weighted by molar-refractivity contribution is 7.14. The van der Waals surface area contributed by atoms with Gasteiger partial charge in [-0.25, -0.2) is 4.79 Å². The molecule has 3 rings (SSSR count). The minimum absolute atomic E-state index is 0.131. The number of rotatable bonds is 4. The van der Waals surface area contributed by atoms with Gasteiger partial charge in [0.2, 0.25) is 0 Å². The number of hydrogen-bond acceptors (Lipinski definition) is 4. The Morgan fingerprint density at radius 3 is 2.50 bits per heavy atom. The van der Waals surface area contributed by atoms with Crippen molar-refractivity contribution in [2.24, 2.45) is 0 Å². The van der Waals surface area contributed by atoms with Crippen LogP contribution in [0.15, 0.2) is 40.4 Å². The Bertz CT molecular complexity index is 910. The number of carboxylic acids is 1. The van der Waals surface area contributed by atoms with Crippen molar-refractivity contribution in [1.29, 1.82) is 0 Å². The zero-order chi connectivity index (χ0) is 17.3. The number of benzene rings is 1. The number of amides is 1. The average molecular weight is 357 g/mol. The van der Waals surface area contributed by atoms with Crippen molar-refractivity contribution < 1.29 is 14.7 Å². The first kappa shape index (κ1) is 16.4. The van der Waals surface area contributed by atoms with Gasteiger partial charge in [0.1, 0.15) is 5.56 Å². The Morgan fingerprint density at radius 2 is 1.88 bits per heavy atom. The quantitative estimate of drug-likeness (QED) is 0.687. The minimum Gasteiger partial charge on any atom is -0.478 e. The summed E-state index contributed by atoms with van der Waals surface area (Å²) in [5.41, 5.74) is 4.08. The average Bonchev–Trinajstić information content (AvgIpc) is 3.19. The van der Waals surface area contributed by atoms with E-state index in [0.717, 1.165) is 16.7 Å².